The maximum atomic E-state index is 12.2. The summed E-state index contributed by atoms with van der Waals surface area (Å²) in [7, 11) is 1.66. The van der Waals surface area contributed by atoms with Crippen LogP contribution in [0.15, 0.2) is 12.1 Å². The molecule has 0 aromatic carbocycles. The van der Waals surface area contributed by atoms with Crippen LogP contribution in [-0.2, 0) is 4.79 Å². The lowest BCUT2D eigenvalue weighted by Gasteiger charge is -2.40. The number of methoxy groups -OCH3 is 1. The number of carbonyl (C=O) groups excluding carboxylic acids is 1. The number of rotatable bonds is 9. The Hall–Kier alpha value is -2.44. The van der Waals surface area contributed by atoms with Crippen LogP contribution in [0.25, 0.3) is 0 Å². The first-order chi connectivity index (χ1) is 15.9. The summed E-state index contributed by atoms with van der Waals surface area (Å²) in [5, 5.41) is 21.6. The van der Waals surface area contributed by atoms with E-state index in [-0.39, 0.29) is 18.4 Å². The van der Waals surface area contributed by atoms with Crippen LogP contribution in [0.4, 0.5) is 0 Å². The molecule has 2 aliphatic heterocycles. The number of aromatic nitrogens is 3. The quantitative estimate of drug-likeness (QED) is 0.592. The van der Waals surface area contributed by atoms with Crippen molar-refractivity contribution in [3.8, 4) is 11.1 Å². The van der Waals surface area contributed by atoms with E-state index in [1.165, 1.54) is 12.8 Å². The molecule has 0 unspecified atom stereocenters. The van der Waals surface area contributed by atoms with E-state index in [1.54, 1.807) is 18.4 Å². The highest BCUT2D eigenvalue weighted by Gasteiger charge is 2.42. The van der Waals surface area contributed by atoms with Gasteiger partial charge >= 0.3 is 0 Å². The first kappa shape index (κ1) is 23.7. The van der Waals surface area contributed by atoms with Gasteiger partial charge in [-0.3, -0.25) is 9.69 Å². The van der Waals surface area contributed by atoms with Gasteiger partial charge in [-0.05, 0) is 51.2 Å². The molecule has 1 amide bonds. The third-order valence-electron chi connectivity index (χ3n) is 7.03. The number of nitriles is 1. The summed E-state index contributed by atoms with van der Waals surface area (Å²) in [6.45, 7) is 7.36. The molecule has 178 valence electrons. The number of amides is 1. The summed E-state index contributed by atoms with van der Waals surface area (Å²) >= 11 is 1.55. The highest BCUT2D eigenvalue weighted by Crippen LogP contribution is 2.42. The molecule has 1 N–H and O–H groups in total. The van der Waals surface area contributed by atoms with Gasteiger partial charge in [-0.2, -0.15) is 5.26 Å². The van der Waals surface area contributed by atoms with Crippen LogP contribution < -0.4 is 10.1 Å². The molecule has 0 aliphatic carbocycles. The lowest BCUT2D eigenvalue weighted by atomic mass is 9.95. The molecule has 9 heteroatoms. The van der Waals surface area contributed by atoms with Crippen molar-refractivity contribution in [2.75, 3.05) is 13.7 Å². The van der Waals surface area contributed by atoms with E-state index in [2.05, 4.69) is 45.8 Å². The Bertz CT molecular complexity index is 995. The molecule has 8 nitrogen and oxygen atoms in total. The van der Waals surface area contributed by atoms with E-state index in [0.717, 1.165) is 47.4 Å². The Balaban J connectivity index is 1.44. The molecular formula is C24H34N6O2S. The number of nitrogens with one attached hydrogen (secondary N) is 1. The topological polar surface area (TPSA) is 96.1 Å². The summed E-state index contributed by atoms with van der Waals surface area (Å²) in [6.07, 6.45) is 5.38. The Morgan fingerprint density at radius 2 is 2.00 bits per heavy atom. The van der Waals surface area contributed by atoms with Crippen molar-refractivity contribution in [3.63, 3.8) is 0 Å². The summed E-state index contributed by atoms with van der Waals surface area (Å²) in [6, 6.07) is 7.34. The van der Waals surface area contributed by atoms with Crippen LogP contribution in [-0.4, -0.2) is 51.3 Å². The molecule has 0 saturated carbocycles. The molecule has 0 spiro atoms. The smallest absolute Gasteiger partial charge is 0.234 e. The van der Waals surface area contributed by atoms with E-state index < -0.39 is 0 Å². The molecular weight excluding hydrogens is 436 g/mol. The van der Waals surface area contributed by atoms with E-state index in [4.69, 9.17) is 10.00 Å². The maximum Gasteiger partial charge on any atom is 0.234 e. The Labute approximate surface area is 199 Å². The minimum Gasteiger partial charge on any atom is -0.487 e. The SMILES string of the molecule is COc1ccc([C@H](CCN2[C@H]3CC[C@H]2CC(n2c(C)nnc2C(C)C)C3)NC(=O)CC#N)s1. The lowest BCUT2D eigenvalue weighted by Crippen LogP contribution is -2.45. The zero-order valence-electron chi connectivity index (χ0n) is 20.0. The third-order valence-corrected chi connectivity index (χ3v) is 8.19. The van der Waals surface area contributed by atoms with E-state index in [1.807, 2.05) is 18.2 Å². The molecule has 4 heterocycles. The van der Waals surface area contributed by atoms with Gasteiger partial charge in [-0.15, -0.1) is 21.5 Å². The Morgan fingerprint density at radius 1 is 1.27 bits per heavy atom. The molecule has 4 rings (SSSR count). The lowest BCUT2D eigenvalue weighted by molar-refractivity contribution is -0.120. The van der Waals surface area contributed by atoms with Crippen molar-refractivity contribution in [3.05, 3.63) is 28.7 Å². The van der Waals surface area contributed by atoms with Gasteiger partial charge in [-0.1, -0.05) is 13.8 Å². The molecule has 2 aromatic rings. The van der Waals surface area contributed by atoms with Crippen molar-refractivity contribution < 1.29 is 9.53 Å². The minimum atomic E-state index is -0.221. The maximum absolute atomic E-state index is 12.2. The predicted molar refractivity (Wildman–Crippen MR) is 127 cm³/mol. The van der Waals surface area contributed by atoms with Crippen molar-refractivity contribution in [2.45, 2.75) is 89.4 Å². The fourth-order valence-electron chi connectivity index (χ4n) is 5.56. The molecule has 2 fully saturated rings. The molecule has 2 saturated heterocycles. The average molecular weight is 471 g/mol. The second-order valence-corrected chi connectivity index (χ2v) is 10.6. The minimum absolute atomic E-state index is 0.107. The monoisotopic (exact) mass is 470 g/mol. The van der Waals surface area contributed by atoms with Gasteiger partial charge in [0.1, 0.15) is 18.1 Å². The van der Waals surface area contributed by atoms with Gasteiger partial charge in [-0.25, -0.2) is 0 Å². The number of carbonyl (C=O) groups is 1. The van der Waals surface area contributed by atoms with Crippen LogP contribution in [0.2, 0.25) is 0 Å². The molecule has 2 bridgehead atoms. The predicted octanol–water partition coefficient (Wildman–Crippen LogP) is 4.11. The van der Waals surface area contributed by atoms with E-state index >= 15 is 0 Å². The summed E-state index contributed by atoms with van der Waals surface area (Å²) < 4.78 is 7.73. The number of thiophene rings is 1. The van der Waals surface area contributed by atoms with Gasteiger partial charge in [0, 0.05) is 35.5 Å². The van der Waals surface area contributed by atoms with Crippen molar-refractivity contribution in [1.29, 1.82) is 5.26 Å². The van der Waals surface area contributed by atoms with Crippen molar-refractivity contribution in [1.82, 2.24) is 25.0 Å². The summed E-state index contributed by atoms with van der Waals surface area (Å²) in [4.78, 5) is 15.9. The fourth-order valence-corrected chi connectivity index (χ4v) is 6.47. The molecule has 0 radical (unpaired) electrons. The largest absolute Gasteiger partial charge is 0.487 e. The second-order valence-electron chi connectivity index (χ2n) is 9.48. The van der Waals surface area contributed by atoms with Crippen molar-refractivity contribution in [2.24, 2.45) is 0 Å². The van der Waals surface area contributed by atoms with Gasteiger partial charge in [0.15, 0.2) is 5.06 Å². The number of hydrogen-bond donors (Lipinski definition) is 1. The summed E-state index contributed by atoms with van der Waals surface area (Å²) in [5.74, 6) is 2.25. The zero-order chi connectivity index (χ0) is 23.5. The standard InChI is InChI=1S/C24H34N6O2S/c1-15(2)24-28-27-16(3)30(24)19-13-17-5-6-18(14-19)29(17)12-10-20(26-22(31)9-11-25)21-7-8-23(32-4)33-21/h7-8,15,17-20H,5-6,9-10,12-14H2,1-4H3,(H,26,31)/t17-,18-,20-/m0/s1. The van der Waals surface area contributed by atoms with Crippen LogP contribution in [0.5, 0.6) is 5.06 Å². The van der Waals surface area contributed by atoms with Crippen LogP contribution in [0.3, 0.4) is 0 Å². The number of nitrogens with zero attached hydrogens (tertiary/aromatic N) is 5. The third kappa shape index (κ3) is 5.07. The first-order valence-electron chi connectivity index (χ1n) is 11.9. The van der Waals surface area contributed by atoms with Gasteiger partial charge < -0.3 is 14.6 Å². The Morgan fingerprint density at radius 3 is 2.61 bits per heavy atom. The molecule has 33 heavy (non-hydrogen) atoms. The first-order valence-corrected chi connectivity index (χ1v) is 12.7. The van der Waals surface area contributed by atoms with Crippen LogP contribution >= 0.6 is 11.3 Å². The van der Waals surface area contributed by atoms with Crippen molar-refractivity contribution >= 4 is 17.2 Å². The molecule has 2 aromatic heterocycles. The van der Waals surface area contributed by atoms with Gasteiger partial charge in [0.2, 0.25) is 5.91 Å². The van der Waals surface area contributed by atoms with Crippen LogP contribution in [0.1, 0.15) is 86.9 Å². The number of piperidine rings is 1. The second kappa shape index (κ2) is 10.2. The number of aryl methyl sites for hydroxylation is 1. The highest BCUT2D eigenvalue weighted by molar-refractivity contribution is 7.13. The molecule has 3 atom stereocenters. The van der Waals surface area contributed by atoms with Crippen LogP contribution in [0, 0.1) is 18.3 Å². The number of hydrogen-bond acceptors (Lipinski definition) is 7. The molecule has 2 aliphatic rings. The van der Waals surface area contributed by atoms with E-state index in [9.17, 15) is 4.79 Å². The number of ether oxygens (including phenoxy) is 1. The fraction of sp³-hybridized carbons (Fsp3) is 0.667. The Kier molecular flexibility index (Phi) is 7.35. The number of fused-ring (bicyclic) bond motifs is 2. The normalized spacial score (nSPS) is 23.5. The summed E-state index contributed by atoms with van der Waals surface area (Å²) in [5.41, 5.74) is 0. The zero-order valence-corrected chi connectivity index (χ0v) is 20.8. The van der Waals surface area contributed by atoms with Gasteiger partial charge in [0.25, 0.3) is 0 Å². The van der Waals surface area contributed by atoms with Gasteiger partial charge in [0.05, 0.1) is 19.2 Å². The van der Waals surface area contributed by atoms with E-state index in [0.29, 0.717) is 24.0 Å². The highest BCUT2D eigenvalue weighted by atomic mass is 32.1. The average Bonchev–Trinajstić information content (AvgIpc) is 3.47.